The Balaban J connectivity index is 4.27. The second-order valence-corrected chi connectivity index (χ2v) is 21.2. The molecule has 0 aromatic carbocycles. The molecule has 0 rings (SSSR count). The lowest BCUT2D eigenvalue weighted by molar-refractivity contribution is 1.57. The van der Waals surface area contributed by atoms with Crippen LogP contribution in [0.2, 0.25) is 31.9 Å². The summed E-state index contributed by atoms with van der Waals surface area (Å²) in [5.74, 6) is 0. The monoisotopic (exact) mass is 246 g/mol. The van der Waals surface area contributed by atoms with Crippen molar-refractivity contribution < 1.29 is 0 Å². The van der Waals surface area contributed by atoms with Gasteiger partial charge in [0.2, 0.25) is 0 Å². The first-order valence-electron chi connectivity index (χ1n) is 3.97. The van der Waals surface area contributed by atoms with Crippen molar-refractivity contribution in [3.63, 3.8) is 0 Å². The van der Waals surface area contributed by atoms with Crippen molar-refractivity contribution in [2.45, 2.75) is 31.9 Å². The molecule has 0 aliphatic heterocycles. The molecular weight excluding hydrogens is 232 g/mol. The van der Waals surface area contributed by atoms with Crippen molar-refractivity contribution in [2.75, 3.05) is 0 Å². The molecule has 0 fully saturated rings. The topological polar surface area (TPSA) is 47.6 Å². The van der Waals surface area contributed by atoms with Gasteiger partial charge in [0, 0.05) is 0 Å². The van der Waals surface area contributed by atoms with Crippen molar-refractivity contribution in [1.82, 2.24) is 0 Å². The Morgan fingerprint density at radius 2 is 1.23 bits per heavy atom. The molecule has 0 aliphatic rings. The molecule has 0 amide bonds. The number of hydrogen-bond acceptors (Lipinski definition) is 4. The summed E-state index contributed by atoms with van der Waals surface area (Å²) in [5.41, 5.74) is 1.12. The first-order chi connectivity index (χ1) is 5.83. The summed E-state index contributed by atoms with van der Waals surface area (Å²) < 4.78 is 0. The molecule has 0 spiro atoms. The Bertz CT molecular complexity index is 226. The number of nitriles is 2. The van der Waals surface area contributed by atoms with E-state index in [4.69, 9.17) is 10.5 Å². The van der Waals surface area contributed by atoms with E-state index >= 15 is 0 Å². The molecule has 13 heavy (non-hydrogen) atoms. The lowest BCUT2D eigenvalue weighted by atomic mass is 11.8. The van der Waals surface area contributed by atoms with Crippen molar-refractivity contribution in [3.05, 3.63) is 0 Å². The second-order valence-electron chi connectivity index (χ2n) is 4.08. The predicted molar refractivity (Wildman–Crippen MR) is 66.2 cm³/mol. The molecule has 0 aliphatic carbocycles. The summed E-state index contributed by atoms with van der Waals surface area (Å²) >= 11 is 2.89. The SMILES string of the molecule is C[Si](C)(C[Si](C)(C)SC#N)SC#N. The van der Waals surface area contributed by atoms with Gasteiger partial charge in [-0.1, -0.05) is 48.6 Å². The quantitative estimate of drug-likeness (QED) is 0.564. The van der Waals surface area contributed by atoms with Crippen molar-refractivity contribution in [2.24, 2.45) is 0 Å². The minimum atomic E-state index is -1.43. The molecule has 0 radical (unpaired) electrons. The van der Waals surface area contributed by atoms with Gasteiger partial charge in [0.1, 0.15) is 25.2 Å². The summed E-state index contributed by atoms with van der Waals surface area (Å²) in [4.78, 5) is 0. The standard InChI is InChI=1S/C7H14N2S2Si2/c1-12(2,10-5-8)7-13(3,4)11-6-9/h7H2,1-4H3. The fourth-order valence-electron chi connectivity index (χ4n) is 1.34. The lowest BCUT2D eigenvalue weighted by Crippen LogP contribution is -2.34. The molecule has 0 heterocycles. The summed E-state index contributed by atoms with van der Waals surface area (Å²) in [5, 5.41) is 21.6. The Labute approximate surface area is 90.0 Å². The van der Waals surface area contributed by atoms with Gasteiger partial charge >= 0.3 is 0 Å². The number of nitrogens with zero attached hydrogens (tertiary/aromatic N) is 2. The fourth-order valence-corrected chi connectivity index (χ4v) is 20.7. The molecule has 2 nitrogen and oxygen atoms in total. The maximum Gasteiger partial charge on any atom is 0.128 e. The molecule has 0 saturated carbocycles. The van der Waals surface area contributed by atoms with Crippen LogP contribution in [0.3, 0.4) is 0 Å². The van der Waals surface area contributed by atoms with E-state index in [0.29, 0.717) is 0 Å². The molecule has 0 aromatic heterocycles. The first kappa shape index (κ1) is 13.1. The van der Waals surface area contributed by atoms with Crippen LogP contribution in [0, 0.1) is 21.3 Å². The Hall–Kier alpha value is 0.114. The van der Waals surface area contributed by atoms with E-state index in [9.17, 15) is 0 Å². The molecule has 6 heteroatoms. The first-order valence-corrected chi connectivity index (χ1v) is 13.5. The van der Waals surface area contributed by atoms with Crippen LogP contribution in [0.25, 0.3) is 0 Å². The van der Waals surface area contributed by atoms with E-state index in [-0.39, 0.29) is 0 Å². The van der Waals surface area contributed by atoms with Gasteiger partial charge in [-0.05, 0) is 5.67 Å². The van der Waals surface area contributed by atoms with Crippen LogP contribution in [-0.2, 0) is 0 Å². The highest BCUT2D eigenvalue weighted by atomic mass is 32.4. The molecule has 0 saturated heterocycles. The van der Waals surface area contributed by atoms with Crippen LogP contribution in [0.5, 0.6) is 0 Å². The van der Waals surface area contributed by atoms with Crippen molar-refractivity contribution in [3.8, 4) is 10.8 Å². The fraction of sp³-hybridized carbons (Fsp3) is 0.714. The second kappa shape index (κ2) is 5.11. The normalized spacial score (nSPS) is 11.8. The average Bonchev–Trinajstić information content (AvgIpc) is 1.82. The van der Waals surface area contributed by atoms with Gasteiger partial charge < -0.3 is 0 Å². The van der Waals surface area contributed by atoms with Crippen LogP contribution in [0.15, 0.2) is 0 Å². The van der Waals surface area contributed by atoms with Crippen LogP contribution in [-0.4, -0.2) is 14.4 Å². The third kappa shape index (κ3) is 6.22. The molecular formula is C7H14N2S2Si2. The van der Waals surface area contributed by atoms with Gasteiger partial charge in [-0.25, -0.2) is 0 Å². The van der Waals surface area contributed by atoms with Gasteiger partial charge in [0.05, 0.1) is 0 Å². The predicted octanol–water partition coefficient (Wildman–Crippen LogP) is 3.36. The van der Waals surface area contributed by atoms with E-state index in [2.05, 4.69) is 37.0 Å². The van der Waals surface area contributed by atoms with E-state index in [0.717, 1.165) is 5.67 Å². The Kier molecular flexibility index (Phi) is 5.15. The van der Waals surface area contributed by atoms with Gasteiger partial charge in [0.15, 0.2) is 0 Å². The molecule has 0 bridgehead atoms. The summed E-state index contributed by atoms with van der Waals surface area (Å²) in [6.07, 6.45) is 0. The Morgan fingerprint density at radius 3 is 1.46 bits per heavy atom. The number of rotatable bonds is 4. The van der Waals surface area contributed by atoms with Crippen LogP contribution in [0.1, 0.15) is 0 Å². The average molecular weight is 247 g/mol. The smallest absolute Gasteiger partial charge is 0.128 e. The van der Waals surface area contributed by atoms with Gasteiger partial charge in [-0.2, -0.15) is 10.5 Å². The van der Waals surface area contributed by atoms with Gasteiger partial charge in [0.25, 0.3) is 0 Å². The zero-order valence-corrected chi connectivity index (χ0v) is 12.1. The van der Waals surface area contributed by atoms with E-state index < -0.39 is 14.4 Å². The third-order valence-electron chi connectivity index (χ3n) is 1.50. The molecule has 72 valence electrons. The lowest BCUT2D eigenvalue weighted by Gasteiger charge is -2.26. The largest absolute Gasteiger partial charge is 0.186 e. The van der Waals surface area contributed by atoms with E-state index in [1.165, 1.54) is 22.4 Å². The Morgan fingerprint density at radius 1 is 0.923 bits per heavy atom. The maximum absolute atomic E-state index is 8.62. The summed E-state index contributed by atoms with van der Waals surface area (Å²) in [6.45, 7) is 8.81. The van der Waals surface area contributed by atoms with Crippen molar-refractivity contribution >= 4 is 36.9 Å². The minimum Gasteiger partial charge on any atom is -0.186 e. The van der Waals surface area contributed by atoms with Crippen LogP contribution >= 0.6 is 22.4 Å². The number of hydrogen-bond donors (Lipinski definition) is 0. The molecule has 0 N–H and O–H groups in total. The molecule has 0 aromatic rings. The molecule has 0 unspecified atom stereocenters. The van der Waals surface area contributed by atoms with Gasteiger partial charge in [-0.3, -0.25) is 0 Å². The van der Waals surface area contributed by atoms with Crippen LogP contribution in [0.4, 0.5) is 0 Å². The van der Waals surface area contributed by atoms with Gasteiger partial charge in [-0.15, -0.1) is 0 Å². The zero-order valence-electron chi connectivity index (χ0n) is 8.42. The molecule has 0 atom stereocenters. The van der Waals surface area contributed by atoms with E-state index in [1.807, 2.05) is 0 Å². The highest BCUT2D eigenvalue weighted by Gasteiger charge is 2.34. The van der Waals surface area contributed by atoms with E-state index in [1.54, 1.807) is 0 Å². The summed E-state index contributed by atoms with van der Waals surface area (Å²) in [7, 11) is -2.86. The maximum atomic E-state index is 8.62. The zero-order chi connectivity index (χ0) is 10.5. The van der Waals surface area contributed by atoms with Crippen LogP contribution < -0.4 is 0 Å². The third-order valence-corrected chi connectivity index (χ3v) is 16.1. The highest BCUT2D eigenvalue weighted by Crippen LogP contribution is 2.34. The number of thiocyanates is 2. The summed E-state index contributed by atoms with van der Waals surface area (Å²) in [6, 6.07) is 0. The minimum absolute atomic E-state index is 1.12. The van der Waals surface area contributed by atoms with Crippen molar-refractivity contribution in [1.29, 1.82) is 10.5 Å². The highest BCUT2D eigenvalue weighted by molar-refractivity contribution is 8.35.